The summed E-state index contributed by atoms with van der Waals surface area (Å²) in [5.74, 6) is -0.570. The lowest BCUT2D eigenvalue weighted by Crippen LogP contribution is -2.35. The SMILES string of the molecule is CCC1=NN2C(=N)C(=Cc3cc(Br)c(OS(=O)(=O)c4ccc(C)cc4)c(OC)c3)C(=O)N=C2S1. The van der Waals surface area contributed by atoms with Crippen LogP contribution in [-0.2, 0) is 14.9 Å². The van der Waals surface area contributed by atoms with Crippen LogP contribution in [0.5, 0.6) is 11.5 Å². The quantitative estimate of drug-likeness (QED) is 0.404. The summed E-state index contributed by atoms with van der Waals surface area (Å²) in [6, 6.07) is 9.35. The van der Waals surface area contributed by atoms with E-state index >= 15 is 0 Å². The number of carbonyl (C=O) groups excluding carboxylic acids is 1. The standard InChI is InChI=1S/C22H19BrN4O5S2/c1-4-18-26-27-20(24)15(21(28)25-22(27)33-18)9-13-10-16(23)19(17(11-13)31-3)32-34(29,30)14-7-5-12(2)6-8-14/h5-11,24H,4H2,1-3H3. The number of aliphatic imine (C=N–C) groups is 1. The first-order valence-corrected chi connectivity index (χ1v) is 13.0. The van der Waals surface area contributed by atoms with E-state index < -0.39 is 16.0 Å². The van der Waals surface area contributed by atoms with Gasteiger partial charge in [-0.25, -0.2) is 0 Å². The maximum absolute atomic E-state index is 12.8. The van der Waals surface area contributed by atoms with E-state index in [2.05, 4.69) is 26.0 Å². The molecule has 2 aromatic rings. The average molecular weight is 563 g/mol. The largest absolute Gasteiger partial charge is 0.493 e. The van der Waals surface area contributed by atoms with E-state index in [-0.39, 0.29) is 32.3 Å². The Kier molecular flexibility index (Phi) is 6.65. The molecule has 2 aliphatic rings. The second-order valence-corrected chi connectivity index (χ2v) is 10.7. The van der Waals surface area contributed by atoms with Crippen molar-refractivity contribution in [2.45, 2.75) is 25.2 Å². The zero-order valence-corrected chi connectivity index (χ0v) is 21.5. The Hall–Kier alpha value is -2.96. The van der Waals surface area contributed by atoms with Gasteiger partial charge in [0.2, 0.25) is 5.17 Å². The molecule has 1 N–H and O–H groups in total. The molecule has 2 heterocycles. The van der Waals surface area contributed by atoms with E-state index in [4.69, 9.17) is 14.3 Å². The number of thioether (sulfide) groups is 1. The Balaban J connectivity index is 1.68. The molecule has 9 nitrogen and oxygen atoms in total. The van der Waals surface area contributed by atoms with Crippen molar-refractivity contribution in [2.75, 3.05) is 7.11 Å². The molecule has 176 valence electrons. The van der Waals surface area contributed by atoms with Gasteiger partial charge in [-0.05, 0) is 76.9 Å². The number of aryl methyl sites for hydroxylation is 1. The Labute approximate surface area is 209 Å². The van der Waals surface area contributed by atoms with Gasteiger partial charge in [-0.1, -0.05) is 24.6 Å². The number of halogens is 1. The number of nitrogens with one attached hydrogen (secondary N) is 1. The van der Waals surface area contributed by atoms with Crippen molar-refractivity contribution in [3.05, 3.63) is 57.6 Å². The molecule has 2 aliphatic heterocycles. The third-order valence-electron chi connectivity index (χ3n) is 4.86. The van der Waals surface area contributed by atoms with Crippen molar-refractivity contribution in [3.63, 3.8) is 0 Å². The number of ether oxygens (including phenoxy) is 1. The van der Waals surface area contributed by atoms with Crippen LogP contribution in [0.2, 0.25) is 0 Å². The van der Waals surface area contributed by atoms with Crippen LogP contribution in [0.15, 0.2) is 61.4 Å². The molecule has 0 atom stereocenters. The van der Waals surface area contributed by atoms with Gasteiger partial charge in [0, 0.05) is 0 Å². The predicted octanol–water partition coefficient (Wildman–Crippen LogP) is 4.56. The van der Waals surface area contributed by atoms with E-state index in [0.717, 1.165) is 10.6 Å². The van der Waals surface area contributed by atoms with Gasteiger partial charge in [0.25, 0.3) is 5.91 Å². The molecular weight excluding hydrogens is 544 g/mol. The van der Waals surface area contributed by atoms with Gasteiger partial charge in [0.15, 0.2) is 17.3 Å². The molecule has 0 aliphatic carbocycles. The van der Waals surface area contributed by atoms with Gasteiger partial charge < -0.3 is 8.92 Å². The molecule has 0 unspecified atom stereocenters. The summed E-state index contributed by atoms with van der Waals surface area (Å²) in [6.07, 6.45) is 2.14. The van der Waals surface area contributed by atoms with Crippen molar-refractivity contribution in [2.24, 2.45) is 10.1 Å². The Bertz CT molecular complexity index is 1400. The zero-order chi connectivity index (χ0) is 24.6. The fourth-order valence-corrected chi connectivity index (χ4v) is 5.54. The molecule has 0 saturated carbocycles. The Morgan fingerprint density at radius 1 is 1.24 bits per heavy atom. The molecule has 1 amide bonds. The van der Waals surface area contributed by atoms with Crippen LogP contribution in [-0.4, -0.2) is 42.5 Å². The first-order chi connectivity index (χ1) is 16.1. The number of carbonyl (C=O) groups is 1. The minimum Gasteiger partial charge on any atom is -0.493 e. The third kappa shape index (κ3) is 4.65. The van der Waals surface area contributed by atoms with Crippen LogP contribution < -0.4 is 8.92 Å². The van der Waals surface area contributed by atoms with Gasteiger partial charge >= 0.3 is 10.1 Å². The lowest BCUT2D eigenvalue weighted by Gasteiger charge is -2.20. The fraction of sp³-hybridized carbons (Fsp3) is 0.182. The molecule has 4 rings (SSSR count). The van der Waals surface area contributed by atoms with Crippen LogP contribution in [0.1, 0.15) is 24.5 Å². The lowest BCUT2D eigenvalue weighted by atomic mass is 10.1. The van der Waals surface area contributed by atoms with Crippen molar-refractivity contribution < 1.29 is 22.1 Å². The van der Waals surface area contributed by atoms with Crippen molar-refractivity contribution in [3.8, 4) is 11.5 Å². The Morgan fingerprint density at radius 3 is 2.59 bits per heavy atom. The molecule has 12 heteroatoms. The van der Waals surface area contributed by atoms with Gasteiger partial charge in [0.1, 0.15) is 9.94 Å². The lowest BCUT2D eigenvalue weighted by molar-refractivity contribution is -0.114. The van der Waals surface area contributed by atoms with Crippen molar-refractivity contribution in [1.82, 2.24) is 5.01 Å². The van der Waals surface area contributed by atoms with Gasteiger partial charge in [-0.3, -0.25) is 10.2 Å². The van der Waals surface area contributed by atoms with E-state index in [1.54, 1.807) is 18.2 Å². The molecule has 0 saturated heterocycles. The van der Waals surface area contributed by atoms with Crippen LogP contribution in [0.25, 0.3) is 6.08 Å². The smallest absolute Gasteiger partial charge is 0.339 e. The summed E-state index contributed by atoms with van der Waals surface area (Å²) in [7, 11) is -2.74. The highest BCUT2D eigenvalue weighted by Crippen LogP contribution is 2.39. The number of hydrogen-bond donors (Lipinski definition) is 1. The summed E-state index contributed by atoms with van der Waals surface area (Å²) >= 11 is 4.59. The number of fused-ring (bicyclic) bond motifs is 1. The number of hydrogen-bond acceptors (Lipinski definition) is 8. The molecule has 0 fully saturated rings. The van der Waals surface area contributed by atoms with Crippen LogP contribution in [0.3, 0.4) is 0 Å². The third-order valence-corrected chi connectivity index (χ3v) is 7.74. The van der Waals surface area contributed by atoms with E-state index in [1.165, 1.54) is 48.2 Å². The summed E-state index contributed by atoms with van der Waals surface area (Å²) < 4.78 is 36.5. The Morgan fingerprint density at radius 2 is 1.94 bits per heavy atom. The molecule has 0 spiro atoms. The molecule has 34 heavy (non-hydrogen) atoms. The van der Waals surface area contributed by atoms with Gasteiger partial charge in [-0.2, -0.15) is 23.5 Å². The highest BCUT2D eigenvalue weighted by Gasteiger charge is 2.35. The van der Waals surface area contributed by atoms with Gasteiger partial charge in [-0.15, -0.1) is 0 Å². The maximum Gasteiger partial charge on any atom is 0.339 e. The number of amidine groups is 2. The van der Waals surface area contributed by atoms with Crippen molar-refractivity contribution in [1.29, 1.82) is 5.41 Å². The number of nitrogens with zero attached hydrogens (tertiary/aromatic N) is 3. The number of rotatable bonds is 6. The van der Waals surface area contributed by atoms with Crippen LogP contribution >= 0.6 is 27.7 Å². The van der Waals surface area contributed by atoms with Crippen LogP contribution in [0, 0.1) is 12.3 Å². The second kappa shape index (κ2) is 9.35. The second-order valence-electron chi connectivity index (χ2n) is 7.25. The molecule has 2 aromatic carbocycles. The first-order valence-electron chi connectivity index (χ1n) is 10.0. The highest BCUT2D eigenvalue weighted by molar-refractivity contribution is 9.10. The van der Waals surface area contributed by atoms with Gasteiger partial charge in [0.05, 0.1) is 17.2 Å². The molecule has 0 radical (unpaired) electrons. The average Bonchev–Trinajstić information content (AvgIpc) is 3.21. The molecule has 0 aromatic heterocycles. The minimum atomic E-state index is -4.12. The van der Waals surface area contributed by atoms with E-state index in [1.807, 2.05) is 13.8 Å². The topological polar surface area (TPSA) is 121 Å². The highest BCUT2D eigenvalue weighted by atomic mass is 79.9. The van der Waals surface area contributed by atoms with E-state index in [9.17, 15) is 13.2 Å². The van der Waals surface area contributed by atoms with Crippen LogP contribution in [0.4, 0.5) is 0 Å². The summed E-state index contributed by atoms with van der Waals surface area (Å²) in [5.41, 5.74) is 1.43. The summed E-state index contributed by atoms with van der Waals surface area (Å²) in [4.78, 5) is 16.6. The minimum absolute atomic E-state index is 0.00338. The number of hydrazone groups is 1. The predicted molar refractivity (Wildman–Crippen MR) is 135 cm³/mol. The first kappa shape index (κ1) is 24.2. The van der Waals surface area contributed by atoms with E-state index in [0.29, 0.717) is 17.2 Å². The fourth-order valence-electron chi connectivity index (χ4n) is 3.11. The monoisotopic (exact) mass is 562 g/mol. The summed E-state index contributed by atoms with van der Waals surface area (Å²) in [5, 5.41) is 15.2. The van der Waals surface area contributed by atoms with Crippen molar-refractivity contribution >= 4 is 65.8 Å². The number of benzene rings is 2. The summed E-state index contributed by atoms with van der Waals surface area (Å²) in [6.45, 7) is 3.78. The molecule has 0 bridgehead atoms. The number of amides is 1. The molecular formula is C22H19BrN4O5S2. The zero-order valence-electron chi connectivity index (χ0n) is 18.3. The number of methoxy groups -OCH3 is 1. The maximum atomic E-state index is 12.8. The normalized spacial score (nSPS) is 16.9.